The van der Waals surface area contributed by atoms with Gasteiger partial charge in [0.05, 0.1) is 19.2 Å². The largest absolute Gasteiger partial charge is 0.469 e. The average Bonchev–Trinajstić information content (AvgIpc) is 2.86. The molecule has 2 aliphatic rings. The minimum Gasteiger partial charge on any atom is -0.469 e. The number of hydrogen-bond acceptors (Lipinski definition) is 4. The van der Waals surface area contributed by atoms with Gasteiger partial charge < -0.3 is 15.4 Å². The van der Waals surface area contributed by atoms with Crippen molar-refractivity contribution in [3.63, 3.8) is 0 Å². The van der Waals surface area contributed by atoms with E-state index in [-0.39, 0.29) is 12.0 Å². The Hall–Kier alpha value is -0.910. The maximum atomic E-state index is 10.6. The van der Waals surface area contributed by atoms with E-state index in [9.17, 15) is 9.59 Å². The third-order valence-corrected chi connectivity index (χ3v) is 3.87. The number of esters is 1. The Labute approximate surface area is 106 Å². The Morgan fingerprint density at radius 1 is 1.41 bits per heavy atom. The van der Waals surface area contributed by atoms with Gasteiger partial charge in [0.15, 0.2) is 0 Å². The molecule has 0 aliphatic carbocycles. The van der Waals surface area contributed by atoms with Crippen LogP contribution in [0.1, 0.15) is 26.2 Å². The fourth-order valence-electron chi connectivity index (χ4n) is 1.64. The van der Waals surface area contributed by atoms with Crippen LogP contribution in [0.2, 0.25) is 0 Å². The molecule has 2 amide bonds. The van der Waals surface area contributed by atoms with Crippen molar-refractivity contribution >= 4 is 23.8 Å². The summed E-state index contributed by atoms with van der Waals surface area (Å²) in [6.45, 7) is 2.04. The molecule has 2 heterocycles. The smallest absolute Gasteiger partial charge is 0.315 e. The maximum Gasteiger partial charge on any atom is 0.315 e. The second-order valence-electron chi connectivity index (χ2n) is 4.05. The van der Waals surface area contributed by atoms with Crippen molar-refractivity contribution in [1.29, 1.82) is 0 Å². The lowest BCUT2D eigenvalue weighted by molar-refractivity contribution is -0.140. The molecule has 5 nitrogen and oxygen atoms in total. The number of carbonyl (C=O) groups excluding carboxylic acids is 2. The summed E-state index contributed by atoms with van der Waals surface area (Å²) in [5.74, 6) is 2.04. The lowest BCUT2D eigenvalue weighted by atomic mass is 10.2. The Morgan fingerprint density at radius 2 is 2.00 bits per heavy atom. The van der Waals surface area contributed by atoms with Gasteiger partial charge in [0, 0.05) is 17.9 Å². The summed E-state index contributed by atoms with van der Waals surface area (Å²) >= 11 is 1.89. The van der Waals surface area contributed by atoms with Gasteiger partial charge in [-0.15, -0.1) is 0 Å². The molecular weight excluding hydrogens is 240 g/mol. The van der Waals surface area contributed by atoms with Gasteiger partial charge in [-0.3, -0.25) is 4.79 Å². The van der Waals surface area contributed by atoms with Gasteiger partial charge in [0.25, 0.3) is 0 Å². The van der Waals surface area contributed by atoms with E-state index in [0.29, 0.717) is 18.5 Å². The van der Waals surface area contributed by atoms with E-state index in [1.165, 1.54) is 7.11 Å². The predicted octanol–water partition coefficient (Wildman–Crippen LogP) is 1.13. The van der Waals surface area contributed by atoms with Crippen LogP contribution in [0.15, 0.2) is 0 Å². The summed E-state index contributed by atoms with van der Waals surface area (Å²) < 4.78 is 4.41. The zero-order valence-corrected chi connectivity index (χ0v) is 11.1. The van der Waals surface area contributed by atoms with Crippen molar-refractivity contribution in [1.82, 2.24) is 10.6 Å². The molecular formula is C11H20N2O3S. The molecule has 0 aromatic rings. The van der Waals surface area contributed by atoms with E-state index in [1.807, 2.05) is 18.7 Å². The van der Waals surface area contributed by atoms with Crippen molar-refractivity contribution in [2.75, 3.05) is 18.6 Å². The van der Waals surface area contributed by atoms with E-state index in [4.69, 9.17) is 0 Å². The van der Waals surface area contributed by atoms with Gasteiger partial charge >= 0.3 is 12.0 Å². The number of thioether (sulfide) groups is 1. The fourth-order valence-corrected chi connectivity index (χ4v) is 2.92. The van der Waals surface area contributed by atoms with Gasteiger partial charge in [-0.1, -0.05) is 13.3 Å². The highest BCUT2D eigenvalue weighted by Crippen LogP contribution is 2.20. The zero-order chi connectivity index (χ0) is 12.7. The molecule has 6 heteroatoms. The molecule has 2 N–H and O–H groups in total. The fraction of sp³-hybridized carbons (Fsp3) is 0.818. The first-order valence-electron chi connectivity index (χ1n) is 5.89. The maximum absolute atomic E-state index is 10.6. The monoisotopic (exact) mass is 260 g/mol. The molecule has 0 aromatic heterocycles. The molecule has 98 valence electrons. The van der Waals surface area contributed by atoms with Gasteiger partial charge in [-0.05, 0) is 6.42 Å². The third kappa shape index (κ3) is 4.85. The number of hydrogen-bond donors (Lipinski definition) is 2. The van der Waals surface area contributed by atoms with Crippen LogP contribution in [0, 0.1) is 0 Å². The standard InChI is InChI=1S/C6H12O2.C5H8N2OS/c1-3-4-5-6(7)8-2;8-5-6-3-1-9-2-4(3)7-5/h3-5H2,1-2H3;3-4H,1-2H2,(H2,6,7,8). The van der Waals surface area contributed by atoms with Gasteiger partial charge in [0.1, 0.15) is 0 Å². The first-order valence-corrected chi connectivity index (χ1v) is 7.04. The number of urea groups is 1. The molecule has 2 rings (SSSR count). The number of unbranched alkanes of at least 4 members (excludes halogenated alkanes) is 1. The second-order valence-corrected chi connectivity index (χ2v) is 5.12. The Morgan fingerprint density at radius 3 is 2.47 bits per heavy atom. The number of fused-ring (bicyclic) bond motifs is 1. The van der Waals surface area contributed by atoms with Crippen LogP contribution >= 0.6 is 11.8 Å². The molecule has 2 unspecified atom stereocenters. The Bertz CT molecular complexity index is 259. The van der Waals surface area contributed by atoms with Crippen LogP contribution in [0.4, 0.5) is 4.79 Å². The van der Waals surface area contributed by atoms with E-state index >= 15 is 0 Å². The average molecular weight is 260 g/mol. The highest BCUT2D eigenvalue weighted by atomic mass is 32.2. The molecule has 0 aromatic carbocycles. The molecule has 0 bridgehead atoms. The number of methoxy groups -OCH3 is 1. The highest BCUT2D eigenvalue weighted by Gasteiger charge is 2.35. The van der Waals surface area contributed by atoms with Crippen LogP contribution in [0.3, 0.4) is 0 Å². The van der Waals surface area contributed by atoms with E-state index in [1.54, 1.807) is 0 Å². The third-order valence-electron chi connectivity index (χ3n) is 2.68. The zero-order valence-electron chi connectivity index (χ0n) is 10.3. The van der Waals surface area contributed by atoms with E-state index in [2.05, 4.69) is 15.4 Å². The lowest BCUT2D eigenvalue weighted by Gasteiger charge is -2.02. The Kier molecular flexibility index (Phi) is 6.18. The topological polar surface area (TPSA) is 67.4 Å². The SMILES string of the molecule is CCCCC(=O)OC.O=C1NC2CSCC2N1. The highest BCUT2D eigenvalue weighted by molar-refractivity contribution is 7.99. The molecule has 2 aliphatic heterocycles. The quantitative estimate of drug-likeness (QED) is 0.590. The number of carbonyl (C=O) groups is 2. The number of amides is 2. The minimum absolute atomic E-state index is 0.00491. The first-order chi connectivity index (χ1) is 8.17. The predicted molar refractivity (Wildman–Crippen MR) is 68.1 cm³/mol. The molecule has 2 fully saturated rings. The van der Waals surface area contributed by atoms with Crippen LogP contribution in [0.5, 0.6) is 0 Å². The summed E-state index contributed by atoms with van der Waals surface area (Å²) in [5.41, 5.74) is 0. The normalized spacial score (nSPS) is 25.2. The van der Waals surface area contributed by atoms with Crippen molar-refractivity contribution < 1.29 is 14.3 Å². The van der Waals surface area contributed by atoms with E-state index < -0.39 is 0 Å². The molecule has 2 atom stereocenters. The minimum atomic E-state index is -0.105. The molecule has 2 saturated heterocycles. The van der Waals surface area contributed by atoms with Gasteiger partial charge in [-0.2, -0.15) is 11.8 Å². The van der Waals surface area contributed by atoms with Crippen molar-refractivity contribution in [2.45, 2.75) is 38.3 Å². The second kappa shape index (κ2) is 7.42. The number of ether oxygens (including phenoxy) is 1. The number of rotatable bonds is 3. The van der Waals surface area contributed by atoms with Crippen molar-refractivity contribution in [3.05, 3.63) is 0 Å². The number of nitrogens with one attached hydrogen (secondary N) is 2. The van der Waals surface area contributed by atoms with Crippen LogP contribution in [-0.2, 0) is 9.53 Å². The summed E-state index contributed by atoms with van der Waals surface area (Å²) in [6, 6.07) is 0.815. The van der Waals surface area contributed by atoms with Crippen molar-refractivity contribution in [2.24, 2.45) is 0 Å². The van der Waals surface area contributed by atoms with Crippen LogP contribution < -0.4 is 10.6 Å². The summed E-state index contributed by atoms with van der Waals surface area (Å²) in [5, 5.41) is 5.69. The summed E-state index contributed by atoms with van der Waals surface area (Å²) in [6.07, 6.45) is 2.55. The van der Waals surface area contributed by atoms with Gasteiger partial charge in [0.2, 0.25) is 0 Å². The summed E-state index contributed by atoms with van der Waals surface area (Å²) in [7, 11) is 1.41. The first kappa shape index (κ1) is 14.2. The van der Waals surface area contributed by atoms with Crippen molar-refractivity contribution in [3.8, 4) is 0 Å². The van der Waals surface area contributed by atoms with Crippen LogP contribution in [0.25, 0.3) is 0 Å². The molecule has 0 spiro atoms. The molecule has 0 saturated carbocycles. The molecule has 17 heavy (non-hydrogen) atoms. The Balaban J connectivity index is 0.000000172. The van der Waals surface area contributed by atoms with Crippen LogP contribution in [-0.4, -0.2) is 42.7 Å². The lowest BCUT2D eigenvalue weighted by Crippen LogP contribution is -2.31. The molecule has 0 radical (unpaired) electrons. The van der Waals surface area contributed by atoms with E-state index in [0.717, 1.165) is 24.3 Å². The summed E-state index contributed by atoms with van der Waals surface area (Å²) in [4.78, 5) is 21.0. The van der Waals surface area contributed by atoms with Gasteiger partial charge in [-0.25, -0.2) is 4.79 Å².